The van der Waals surface area contributed by atoms with Crippen molar-refractivity contribution in [1.82, 2.24) is 0 Å². The molecule has 0 fully saturated rings. The number of hydrogen-bond acceptors (Lipinski definition) is 2. The highest BCUT2D eigenvalue weighted by Gasteiger charge is 2.19. The molecule has 0 amide bonds. The maximum atomic E-state index is 12.3. The van der Waals surface area contributed by atoms with Gasteiger partial charge in [-0.15, -0.1) is 12.4 Å². The van der Waals surface area contributed by atoms with Gasteiger partial charge in [0, 0.05) is 12.1 Å². The lowest BCUT2D eigenvalue weighted by Gasteiger charge is -2.13. The molecule has 0 aliphatic carbocycles. The van der Waals surface area contributed by atoms with Crippen LogP contribution >= 0.6 is 12.4 Å². The molecular formula is C15H16ClNO. The Hall–Kier alpha value is -1.64. The molecule has 2 rings (SSSR count). The average Bonchev–Trinajstić information content (AvgIpc) is 2.42. The van der Waals surface area contributed by atoms with Crippen LogP contribution in [0, 0.1) is 0 Å². The Labute approximate surface area is 113 Å². The predicted octanol–water partition coefficient (Wildman–Crippen LogP) is 3.03. The van der Waals surface area contributed by atoms with Gasteiger partial charge in [0.25, 0.3) is 0 Å². The zero-order valence-electron chi connectivity index (χ0n) is 9.95. The minimum atomic E-state index is -0.251. The zero-order chi connectivity index (χ0) is 12.1. The highest BCUT2D eigenvalue weighted by Crippen LogP contribution is 2.19. The summed E-state index contributed by atoms with van der Waals surface area (Å²) in [7, 11) is 0. The van der Waals surface area contributed by atoms with E-state index in [9.17, 15) is 4.79 Å². The van der Waals surface area contributed by atoms with Crippen LogP contribution in [0.1, 0.15) is 21.8 Å². The molecule has 0 aliphatic heterocycles. The normalized spacial score (nSPS) is 11.4. The number of Topliss-reactive ketones (excluding diaryl/α,β-unsaturated/α-hetero) is 1. The van der Waals surface area contributed by atoms with Gasteiger partial charge in [-0.05, 0) is 5.56 Å². The fourth-order valence-corrected chi connectivity index (χ4v) is 1.88. The van der Waals surface area contributed by atoms with Crippen LogP contribution in [-0.2, 0) is 0 Å². The molecule has 1 unspecified atom stereocenters. The number of nitrogens with two attached hydrogens (primary N) is 1. The van der Waals surface area contributed by atoms with Crippen molar-refractivity contribution in [2.45, 2.75) is 5.92 Å². The van der Waals surface area contributed by atoms with Crippen LogP contribution in [0.4, 0.5) is 0 Å². The van der Waals surface area contributed by atoms with Gasteiger partial charge in [0.05, 0.1) is 5.92 Å². The number of ketones is 1. The summed E-state index contributed by atoms with van der Waals surface area (Å²) in [5.41, 5.74) is 7.41. The molecule has 94 valence electrons. The van der Waals surface area contributed by atoms with Crippen molar-refractivity contribution in [3.63, 3.8) is 0 Å². The fourth-order valence-electron chi connectivity index (χ4n) is 1.88. The van der Waals surface area contributed by atoms with Crippen molar-refractivity contribution in [2.24, 2.45) is 5.73 Å². The van der Waals surface area contributed by atoms with Crippen LogP contribution in [-0.4, -0.2) is 12.3 Å². The monoisotopic (exact) mass is 261 g/mol. The Kier molecular flexibility index (Phi) is 5.56. The van der Waals surface area contributed by atoms with Crippen LogP contribution in [0.3, 0.4) is 0 Å². The second kappa shape index (κ2) is 6.94. The molecule has 2 nitrogen and oxygen atoms in total. The number of carbonyl (C=O) groups excluding carboxylic acids is 1. The molecule has 0 aliphatic rings. The third-order valence-electron chi connectivity index (χ3n) is 2.81. The van der Waals surface area contributed by atoms with Crippen LogP contribution in [0.15, 0.2) is 60.7 Å². The molecule has 0 saturated carbocycles. The molecule has 2 aromatic carbocycles. The summed E-state index contributed by atoms with van der Waals surface area (Å²) in [6.45, 7) is 0.331. The van der Waals surface area contributed by atoms with E-state index in [-0.39, 0.29) is 24.1 Å². The molecule has 18 heavy (non-hydrogen) atoms. The van der Waals surface area contributed by atoms with Gasteiger partial charge in [-0.2, -0.15) is 0 Å². The van der Waals surface area contributed by atoms with E-state index < -0.39 is 0 Å². The molecule has 0 radical (unpaired) electrons. The Balaban J connectivity index is 0.00000162. The number of benzene rings is 2. The minimum absolute atomic E-state index is 0. The first-order chi connectivity index (χ1) is 8.33. The van der Waals surface area contributed by atoms with Crippen molar-refractivity contribution in [1.29, 1.82) is 0 Å². The van der Waals surface area contributed by atoms with Crippen LogP contribution in [0.25, 0.3) is 0 Å². The first-order valence-electron chi connectivity index (χ1n) is 5.67. The van der Waals surface area contributed by atoms with E-state index in [1.54, 1.807) is 0 Å². The molecule has 3 heteroatoms. The molecular weight excluding hydrogens is 246 g/mol. The van der Waals surface area contributed by atoms with Crippen molar-refractivity contribution in [3.8, 4) is 0 Å². The van der Waals surface area contributed by atoms with Gasteiger partial charge >= 0.3 is 0 Å². The van der Waals surface area contributed by atoms with Crippen molar-refractivity contribution < 1.29 is 4.79 Å². The maximum absolute atomic E-state index is 12.3. The number of carbonyl (C=O) groups is 1. The summed E-state index contributed by atoms with van der Waals surface area (Å²) in [5.74, 6) is -0.169. The van der Waals surface area contributed by atoms with Crippen molar-refractivity contribution >= 4 is 18.2 Å². The Morgan fingerprint density at radius 1 is 0.944 bits per heavy atom. The summed E-state index contributed by atoms with van der Waals surface area (Å²) in [4.78, 5) is 12.3. The van der Waals surface area contributed by atoms with Gasteiger partial charge in [-0.25, -0.2) is 0 Å². The largest absolute Gasteiger partial charge is 0.329 e. The zero-order valence-corrected chi connectivity index (χ0v) is 10.8. The highest BCUT2D eigenvalue weighted by molar-refractivity contribution is 6.01. The first-order valence-corrected chi connectivity index (χ1v) is 5.67. The Bertz CT molecular complexity index is 484. The molecule has 2 N–H and O–H groups in total. The lowest BCUT2D eigenvalue weighted by Crippen LogP contribution is -2.21. The number of halogens is 1. The SMILES string of the molecule is Cl.NCC(C(=O)c1ccccc1)c1ccccc1. The van der Waals surface area contributed by atoms with Gasteiger partial charge in [-0.1, -0.05) is 60.7 Å². The molecule has 0 bridgehead atoms. The number of rotatable bonds is 4. The van der Waals surface area contributed by atoms with Crippen LogP contribution in [0.5, 0.6) is 0 Å². The predicted molar refractivity (Wildman–Crippen MR) is 76.3 cm³/mol. The van der Waals surface area contributed by atoms with Crippen molar-refractivity contribution in [2.75, 3.05) is 6.54 Å². The standard InChI is InChI=1S/C15H15NO.ClH/c16-11-14(12-7-3-1-4-8-12)15(17)13-9-5-2-6-10-13;/h1-10,14H,11,16H2;1H. The van der Waals surface area contributed by atoms with E-state index in [0.29, 0.717) is 12.1 Å². The van der Waals surface area contributed by atoms with Crippen LogP contribution in [0.2, 0.25) is 0 Å². The summed E-state index contributed by atoms with van der Waals surface area (Å²) in [6.07, 6.45) is 0. The summed E-state index contributed by atoms with van der Waals surface area (Å²) in [5, 5.41) is 0. The number of hydrogen-bond donors (Lipinski definition) is 1. The third-order valence-corrected chi connectivity index (χ3v) is 2.81. The Morgan fingerprint density at radius 2 is 1.44 bits per heavy atom. The second-order valence-corrected chi connectivity index (χ2v) is 3.93. The average molecular weight is 262 g/mol. The van der Waals surface area contributed by atoms with Crippen molar-refractivity contribution in [3.05, 3.63) is 71.8 Å². The van der Waals surface area contributed by atoms with E-state index in [4.69, 9.17) is 5.73 Å². The van der Waals surface area contributed by atoms with Gasteiger partial charge in [0.15, 0.2) is 5.78 Å². The van der Waals surface area contributed by atoms with Gasteiger partial charge in [-0.3, -0.25) is 4.79 Å². The quantitative estimate of drug-likeness (QED) is 0.860. The summed E-state index contributed by atoms with van der Waals surface area (Å²) >= 11 is 0. The first kappa shape index (κ1) is 14.4. The molecule has 0 spiro atoms. The molecule has 0 heterocycles. The lowest BCUT2D eigenvalue weighted by molar-refractivity contribution is 0.0962. The second-order valence-electron chi connectivity index (χ2n) is 3.93. The molecule has 0 saturated heterocycles. The Morgan fingerprint density at radius 3 is 1.94 bits per heavy atom. The van der Waals surface area contributed by atoms with Crippen LogP contribution < -0.4 is 5.73 Å². The highest BCUT2D eigenvalue weighted by atomic mass is 35.5. The van der Waals surface area contributed by atoms with E-state index in [1.165, 1.54) is 0 Å². The summed E-state index contributed by atoms with van der Waals surface area (Å²) < 4.78 is 0. The maximum Gasteiger partial charge on any atom is 0.171 e. The van der Waals surface area contributed by atoms with E-state index in [0.717, 1.165) is 5.56 Å². The van der Waals surface area contributed by atoms with Gasteiger partial charge in [0.2, 0.25) is 0 Å². The van der Waals surface area contributed by atoms with E-state index in [1.807, 2.05) is 60.7 Å². The van der Waals surface area contributed by atoms with Gasteiger partial charge < -0.3 is 5.73 Å². The van der Waals surface area contributed by atoms with Gasteiger partial charge in [0.1, 0.15) is 0 Å². The topological polar surface area (TPSA) is 43.1 Å². The lowest BCUT2D eigenvalue weighted by atomic mass is 9.91. The fraction of sp³-hybridized carbons (Fsp3) is 0.133. The molecule has 1 atom stereocenters. The molecule has 2 aromatic rings. The molecule has 0 aromatic heterocycles. The van der Waals surface area contributed by atoms with E-state index in [2.05, 4.69) is 0 Å². The smallest absolute Gasteiger partial charge is 0.171 e. The minimum Gasteiger partial charge on any atom is -0.329 e. The third kappa shape index (κ3) is 3.19. The summed E-state index contributed by atoms with van der Waals surface area (Å²) in [6, 6.07) is 19.0. The van der Waals surface area contributed by atoms with E-state index >= 15 is 0 Å².